The monoisotopic (exact) mass is 389 g/mol. The van der Waals surface area contributed by atoms with E-state index in [1.807, 2.05) is 30.3 Å². The number of ether oxygens (including phenoxy) is 1. The minimum Gasteiger partial charge on any atom is -0.453 e. The van der Waals surface area contributed by atoms with Crippen LogP contribution in [0.2, 0.25) is 0 Å². The van der Waals surface area contributed by atoms with E-state index in [4.69, 9.17) is 4.74 Å². The average Bonchev–Trinajstić information content (AvgIpc) is 3.30. The Morgan fingerprint density at radius 2 is 1.90 bits per heavy atom. The van der Waals surface area contributed by atoms with Gasteiger partial charge in [0.1, 0.15) is 6.33 Å². The van der Waals surface area contributed by atoms with Crippen molar-refractivity contribution in [2.45, 2.75) is 19.3 Å². The number of carbonyl (C=O) groups is 3. The van der Waals surface area contributed by atoms with Crippen molar-refractivity contribution in [3.63, 3.8) is 0 Å². The first-order chi connectivity index (χ1) is 13.9. The van der Waals surface area contributed by atoms with E-state index in [1.165, 1.54) is 6.33 Å². The molecule has 0 fully saturated rings. The fourth-order valence-corrected chi connectivity index (χ4v) is 3.20. The number of hydrogen-bond donors (Lipinski definition) is 1. The summed E-state index contributed by atoms with van der Waals surface area (Å²) in [4.78, 5) is 40.8. The summed E-state index contributed by atoms with van der Waals surface area (Å²) in [5.41, 5.74) is 2.09. The first-order valence-corrected chi connectivity index (χ1v) is 9.12. The molecule has 0 aliphatic carbocycles. The van der Waals surface area contributed by atoms with E-state index in [0.29, 0.717) is 11.3 Å². The van der Waals surface area contributed by atoms with E-state index < -0.39 is 18.0 Å². The molecule has 0 bridgehead atoms. The maximum absolute atomic E-state index is 12.5. The van der Waals surface area contributed by atoms with Gasteiger partial charge in [-0.25, -0.2) is 9.78 Å². The molecule has 0 saturated carbocycles. The highest BCUT2D eigenvalue weighted by molar-refractivity contribution is 6.07. The number of ketones is 1. The molecule has 0 saturated heterocycles. The highest BCUT2D eigenvalue weighted by atomic mass is 16.5. The number of nitrogens with zero attached hydrogens (tertiary/aromatic N) is 2. The highest BCUT2D eigenvalue weighted by Gasteiger charge is 2.38. The van der Waals surface area contributed by atoms with Gasteiger partial charge in [0.05, 0.1) is 5.41 Å². The van der Waals surface area contributed by atoms with Gasteiger partial charge in [-0.05, 0) is 49.7 Å². The van der Waals surface area contributed by atoms with Crippen molar-refractivity contribution in [1.29, 1.82) is 0 Å². The van der Waals surface area contributed by atoms with E-state index >= 15 is 0 Å². The topological polar surface area (TPSA) is 90.3 Å². The standard InChI is InChI=1S/C22H19N3O4/c1-22(2)16-10-14(8-9-17(16)24-21(22)28)19(26)12-29-20(27)18-11-25(13-23-18)15-6-4-3-5-7-15/h3-11,13H,12H2,1-2H3,(H,24,28). The molecule has 1 aliphatic rings. The zero-order valence-electron chi connectivity index (χ0n) is 16.0. The molecule has 0 radical (unpaired) electrons. The summed E-state index contributed by atoms with van der Waals surface area (Å²) in [6.07, 6.45) is 3.07. The number of fused-ring (bicyclic) bond motifs is 1. The van der Waals surface area contributed by atoms with Crippen LogP contribution in [0.15, 0.2) is 61.1 Å². The molecule has 1 aliphatic heterocycles. The zero-order chi connectivity index (χ0) is 20.6. The maximum atomic E-state index is 12.5. The molecule has 146 valence electrons. The lowest BCUT2D eigenvalue weighted by Gasteiger charge is -2.15. The smallest absolute Gasteiger partial charge is 0.358 e. The molecule has 1 aromatic heterocycles. The molecule has 7 nitrogen and oxygen atoms in total. The van der Waals surface area contributed by atoms with Crippen LogP contribution in [0.1, 0.15) is 40.3 Å². The van der Waals surface area contributed by atoms with E-state index in [1.54, 1.807) is 42.8 Å². The first-order valence-electron chi connectivity index (χ1n) is 9.12. The van der Waals surface area contributed by atoms with E-state index in [2.05, 4.69) is 10.3 Å². The van der Waals surface area contributed by atoms with Crippen LogP contribution in [0.4, 0.5) is 5.69 Å². The van der Waals surface area contributed by atoms with Crippen molar-refractivity contribution in [2.75, 3.05) is 11.9 Å². The molecule has 4 rings (SSSR count). The van der Waals surface area contributed by atoms with Crippen LogP contribution in [0.5, 0.6) is 0 Å². The molecule has 1 amide bonds. The minimum absolute atomic E-state index is 0.113. The first kappa shape index (κ1) is 18.6. The summed E-state index contributed by atoms with van der Waals surface area (Å²) < 4.78 is 6.84. The Bertz CT molecular complexity index is 1120. The Morgan fingerprint density at radius 3 is 2.66 bits per heavy atom. The predicted molar refractivity (Wildman–Crippen MR) is 106 cm³/mol. The number of benzene rings is 2. The van der Waals surface area contributed by atoms with Crippen molar-refractivity contribution >= 4 is 23.3 Å². The van der Waals surface area contributed by atoms with Gasteiger partial charge in [-0.3, -0.25) is 9.59 Å². The number of imidazole rings is 1. The number of carbonyl (C=O) groups excluding carboxylic acids is 3. The van der Waals surface area contributed by atoms with Crippen LogP contribution in [0.3, 0.4) is 0 Å². The van der Waals surface area contributed by atoms with Crippen LogP contribution in [-0.2, 0) is 14.9 Å². The number of amides is 1. The van der Waals surface area contributed by atoms with Crippen molar-refractivity contribution in [3.8, 4) is 5.69 Å². The summed E-state index contributed by atoms with van der Waals surface area (Å²) >= 11 is 0. The lowest BCUT2D eigenvalue weighted by molar-refractivity contribution is -0.119. The zero-order valence-corrected chi connectivity index (χ0v) is 16.0. The summed E-state index contributed by atoms with van der Waals surface area (Å²) in [7, 11) is 0. The van der Waals surface area contributed by atoms with Crippen LogP contribution in [0, 0.1) is 0 Å². The SMILES string of the molecule is CC1(C)C(=O)Nc2ccc(C(=O)COC(=O)c3cn(-c4ccccc4)cn3)cc21. The Balaban J connectivity index is 1.43. The molecule has 7 heteroatoms. The number of esters is 1. The minimum atomic E-state index is -0.716. The second kappa shape index (κ2) is 7.01. The van der Waals surface area contributed by atoms with Gasteiger partial charge in [-0.15, -0.1) is 0 Å². The van der Waals surface area contributed by atoms with E-state index in [-0.39, 0.29) is 17.4 Å². The highest BCUT2D eigenvalue weighted by Crippen LogP contribution is 2.37. The van der Waals surface area contributed by atoms with Gasteiger partial charge in [-0.1, -0.05) is 18.2 Å². The lowest BCUT2D eigenvalue weighted by Crippen LogP contribution is -2.27. The number of nitrogens with one attached hydrogen (secondary N) is 1. The van der Waals surface area contributed by atoms with Gasteiger partial charge >= 0.3 is 5.97 Å². The van der Waals surface area contributed by atoms with Gasteiger partial charge in [-0.2, -0.15) is 0 Å². The van der Waals surface area contributed by atoms with Crippen LogP contribution in [0.25, 0.3) is 5.69 Å². The predicted octanol–water partition coefficient (Wildman–Crippen LogP) is 3.14. The molecule has 29 heavy (non-hydrogen) atoms. The summed E-state index contributed by atoms with van der Waals surface area (Å²) in [5.74, 6) is -1.14. The normalized spacial score (nSPS) is 14.2. The van der Waals surface area contributed by atoms with Crippen molar-refractivity contribution in [3.05, 3.63) is 77.9 Å². The quantitative estimate of drug-likeness (QED) is 0.535. The number of aromatic nitrogens is 2. The van der Waals surface area contributed by atoms with Crippen molar-refractivity contribution in [2.24, 2.45) is 0 Å². The molecule has 1 N–H and O–H groups in total. The summed E-state index contributed by atoms with van der Waals surface area (Å²) in [5, 5.41) is 2.80. The summed E-state index contributed by atoms with van der Waals surface area (Å²) in [6, 6.07) is 14.4. The molecule has 0 unspecified atom stereocenters. The molecular weight excluding hydrogens is 370 g/mol. The van der Waals surface area contributed by atoms with Gasteiger partial charge < -0.3 is 14.6 Å². The number of Topliss-reactive ketones (excluding diaryl/α,β-unsaturated/α-hetero) is 1. The number of anilines is 1. The number of para-hydroxylation sites is 1. The lowest BCUT2D eigenvalue weighted by atomic mass is 9.85. The number of hydrogen-bond acceptors (Lipinski definition) is 5. The van der Waals surface area contributed by atoms with E-state index in [0.717, 1.165) is 11.3 Å². The molecular formula is C22H19N3O4. The molecule has 0 spiro atoms. The molecule has 0 atom stereocenters. The Morgan fingerprint density at radius 1 is 1.14 bits per heavy atom. The second-order valence-corrected chi connectivity index (χ2v) is 7.34. The third-order valence-electron chi connectivity index (χ3n) is 5.01. The Labute approximate surface area is 167 Å². The van der Waals surface area contributed by atoms with E-state index in [9.17, 15) is 14.4 Å². The van der Waals surface area contributed by atoms with Crippen LogP contribution < -0.4 is 5.32 Å². The third kappa shape index (κ3) is 3.42. The summed E-state index contributed by atoms with van der Waals surface area (Å²) in [6.45, 7) is 3.19. The molecule has 2 aromatic carbocycles. The van der Waals surface area contributed by atoms with Crippen molar-refractivity contribution in [1.82, 2.24) is 9.55 Å². The second-order valence-electron chi connectivity index (χ2n) is 7.34. The van der Waals surface area contributed by atoms with Gasteiger partial charge in [0, 0.05) is 23.1 Å². The fraction of sp³-hybridized carbons (Fsp3) is 0.182. The average molecular weight is 389 g/mol. The largest absolute Gasteiger partial charge is 0.453 e. The molecule has 3 aromatic rings. The van der Waals surface area contributed by atoms with Crippen molar-refractivity contribution < 1.29 is 19.1 Å². The van der Waals surface area contributed by atoms with Crippen LogP contribution >= 0.6 is 0 Å². The molecule has 2 heterocycles. The fourth-order valence-electron chi connectivity index (χ4n) is 3.20. The Kier molecular flexibility index (Phi) is 4.50. The number of rotatable bonds is 5. The van der Waals surface area contributed by atoms with Gasteiger partial charge in [0.15, 0.2) is 18.1 Å². The third-order valence-corrected chi connectivity index (χ3v) is 5.01. The van der Waals surface area contributed by atoms with Gasteiger partial charge in [0.25, 0.3) is 0 Å². The van der Waals surface area contributed by atoms with Crippen LogP contribution in [-0.4, -0.2) is 33.8 Å². The Hall–Kier alpha value is -3.74. The van der Waals surface area contributed by atoms with Gasteiger partial charge in [0.2, 0.25) is 5.91 Å². The maximum Gasteiger partial charge on any atom is 0.358 e.